The van der Waals surface area contributed by atoms with Crippen LogP contribution in [0.1, 0.15) is 44.7 Å². The van der Waals surface area contributed by atoms with Gasteiger partial charge in [0.1, 0.15) is 4.90 Å². The molecule has 2 aromatic rings. The van der Waals surface area contributed by atoms with Gasteiger partial charge in [-0.15, -0.1) is 0 Å². The number of hydrogen-bond donors (Lipinski definition) is 1. The molecule has 1 N–H and O–H groups in total. The van der Waals surface area contributed by atoms with Crippen molar-refractivity contribution in [3.63, 3.8) is 0 Å². The van der Waals surface area contributed by atoms with Crippen LogP contribution in [0.2, 0.25) is 0 Å². The number of carbonyl (C=O) groups excluding carboxylic acids is 1. The van der Waals surface area contributed by atoms with Crippen molar-refractivity contribution in [3.05, 3.63) is 52.0 Å². The molecule has 1 heterocycles. The van der Waals surface area contributed by atoms with Crippen molar-refractivity contribution in [3.8, 4) is 0 Å². The third-order valence-corrected chi connectivity index (χ3v) is 6.63. The topological polar surface area (TPSA) is 66.5 Å². The van der Waals surface area contributed by atoms with Crippen molar-refractivity contribution < 1.29 is 13.2 Å². The summed E-state index contributed by atoms with van der Waals surface area (Å²) in [5.74, 6) is 0.205. The highest BCUT2D eigenvalue weighted by molar-refractivity contribution is 9.10. The van der Waals surface area contributed by atoms with Gasteiger partial charge in [0.05, 0.1) is 5.69 Å². The maximum absolute atomic E-state index is 13.1. The molecule has 7 heteroatoms. The molecule has 27 heavy (non-hydrogen) atoms. The quantitative estimate of drug-likeness (QED) is 0.735. The molecule has 0 unspecified atom stereocenters. The molecule has 1 aliphatic heterocycles. The van der Waals surface area contributed by atoms with Gasteiger partial charge in [-0.25, -0.2) is 8.42 Å². The number of halogens is 1. The van der Waals surface area contributed by atoms with Crippen LogP contribution < -0.4 is 9.62 Å². The summed E-state index contributed by atoms with van der Waals surface area (Å²) in [6, 6.07) is 10.7. The molecular weight excluding hydrogens is 428 g/mol. The lowest BCUT2D eigenvalue weighted by atomic mass is 10.0. The van der Waals surface area contributed by atoms with E-state index in [1.807, 2.05) is 25.1 Å². The molecule has 1 atom stereocenters. The van der Waals surface area contributed by atoms with Crippen molar-refractivity contribution in [2.45, 2.75) is 51.0 Å². The van der Waals surface area contributed by atoms with E-state index >= 15 is 0 Å². The van der Waals surface area contributed by atoms with Crippen molar-refractivity contribution >= 4 is 43.2 Å². The number of fused-ring (bicyclic) bond motifs is 1. The van der Waals surface area contributed by atoms with Crippen LogP contribution in [0.15, 0.2) is 45.8 Å². The molecule has 0 fully saturated rings. The Morgan fingerprint density at radius 2 is 1.85 bits per heavy atom. The number of nitrogens with one attached hydrogen (secondary N) is 1. The fourth-order valence-corrected chi connectivity index (χ4v) is 5.49. The van der Waals surface area contributed by atoms with Crippen LogP contribution >= 0.6 is 15.9 Å². The number of anilines is 2. The van der Waals surface area contributed by atoms with E-state index < -0.39 is 10.0 Å². The number of carbonyl (C=O) groups is 1. The van der Waals surface area contributed by atoms with Crippen molar-refractivity contribution in [1.29, 1.82) is 0 Å². The number of benzene rings is 2. The van der Waals surface area contributed by atoms with Gasteiger partial charge in [0.2, 0.25) is 5.91 Å². The Kier molecular flexibility index (Phi) is 5.36. The fraction of sp³-hybridized carbons (Fsp3) is 0.350. The second-order valence-corrected chi connectivity index (χ2v) is 9.80. The Morgan fingerprint density at radius 1 is 1.22 bits per heavy atom. The number of hydrogen-bond acceptors (Lipinski definition) is 3. The van der Waals surface area contributed by atoms with E-state index in [0.717, 1.165) is 11.1 Å². The number of sulfonamides is 1. The first-order valence-corrected chi connectivity index (χ1v) is 11.1. The van der Waals surface area contributed by atoms with Gasteiger partial charge in [-0.3, -0.25) is 9.52 Å². The highest BCUT2D eigenvalue weighted by atomic mass is 79.9. The molecule has 0 spiro atoms. The largest absolute Gasteiger partial charge is 0.308 e. The lowest BCUT2D eigenvalue weighted by molar-refractivity contribution is -0.116. The highest BCUT2D eigenvalue weighted by Crippen LogP contribution is 2.40. The summed E-state index contributed by atoms with van der Waals surface area (Å²) in [5, 5.41) is 0. The molecule has 1 aliphatic rings. The van der Waals surface area contributed by atoms with Gasteiger partial charge >= 0.3 is 0 Å². The first kappa shape index (κ1) is 19.9. The minimum Gasteiger partial charge on any atom is -0.308 e. The third kappa shape index (κ3) is 3.89. The molecule has 0 saturated carbocycles. The zero-order valence-corrected chi connectivity index (χ0v) is 18.2. The van der Waals surface area contributed by atoms with Crippen LogP contribution in [0.5, 0.6) is 0 Å². The van der Waals surface area contributed by atoms with E-state index in [1.165, 1.54) is 6.92 Å². The van der Waals surface area contributed by atoms with Crippen molar-refractivity contribution in [2.75, 3.05) is 9.62 Å². The van der Waals surface area contributed by atoms with Crippen LogP contribution in [0.25, 0.3) is 0 Å². The Morgan fingerprint density at radius 3 is 2.41 bits per heavy atom. The maximum atomic E-state index is 13.1. The third-order valence-electron chi connectivity index (χ3n) is 4.77. The Labute approximate surface area is 169 Å². The van der Waals surface area contributed by atoms with Crippen LogP contribution in [0, 0.1) is 0 Å². The fourth-order valence-electron chi connectivity index (χ4n) is 3.51. The van der Waals surface area contributed by atoms with Crippen LogP contribution in [-0.4, -0.2) is 20.4 Å². The van der Waals surface area contributed by atoms with E-state index in [2.05, 4.69) is 34.5 Å². The Bertz CT molecular complexity index is 985. The van der Waals surface area contributed by atoms with E-state index in [0.29, 0.717) is 28.2 Å². The van der Waals surface area contributed by atoms with Gasteiger partial charge in [0, 0.05) is 23.1 Å². The molecule has 2 aromatic carbocycles. The molecule has 1 amide bonds. The lowest BCUT2D eigenvalue weighted by Crippen LogP contribution is -2.34. The van der Waals surface area contributed by atoms with Gasteiger partial charge in [-0.1, -0.05) is 41.9 Å². The zero-order chi connectivity index (χ0) is 19.9. The van der Waals surface area contributed by atoms with Crippen molar-refractivity contribution in [2.24, 2.45) is 0 Å². The second-order valence-electron chi connectivity index (χ2n) is 7.24. The van der Waals surface area contributed by atoms with E-state index in [4.69, 9.17) is 0 Å². The van der Waals surface area contributed by atoms with E-state index in [9.17, 15) is 13.2 Å². The Balaban J connectivity index is 2.04. The summed E-state index contributed by atoms with van der Waals surface area (Å²) in [5.41, 5.74) is 2.96. The van der Waals surface area contributed by atoms with Gasteiger partial charge in [0.25, 0.3) is 10.0 Å². The van der Waals surface area contributed by atoms with Crippen LogP contribution in [0.4, 0.5) is 11.4 Å². The molecule has 0 aliphatic carbocycles. The number of amides is 1. The molecule has 144 valence electrons. The average molecular weight is 451 g/mol. The summed E-state index contributed by atoms with van der Waals surface area (Å²) in [6.07, 6.45) is 0.625. The average Bonchev–Trinajstić information content (AvgIpc) is 2.89. The van der Waals surface area contributed by atoms with Crippen molar-refractivity contribution in [1.82, 2.24) is 0 Å². The summed E-state index contributed by atoms with van der Waals surface area (Å²) in [4.78, 5) is 13.8. The predicted octanol–water partition coefficient (Wildman–Crippen LogP) is 4.67. The SMILES string of the molecule is CC(=O)N1c2c(cc(Br)cc2S(=O)(=O)Nc2ccc(C(C)C)cc2)C[C@H]1C. The Hall–Kier alpha value is -1.86. The summed E-state index contributed by atoms with van der Waals surface area (Å²) >= 11 is 3.40. The maximum Gasteiger partial charge on any atom is 0.264 e. The zero-order valence-electron chi connectivity index (χ0n) is 15.8. The van der Waals surface area contributed by atoms with Gasteiger partial charge in [0.15, 0.2) is 0 Å². The smallest absolute Gasteiger partial charge is 0.264 e. The van der Waals surface area contributed by atoms with Crippen LogP contribution in [-0.2, 0) is 21.2 Å². The van der Waals surface area contributed by atoms with Gasteiger partial charge < -0.3 is 4.90 Å². The molecule has 5 nitrogen and oxygen atoms in total. The first-order chi connectivity index (χ1) is 12.6. The van der Waals surface area contributed by atoms with E-state index in [-0.39, 0.29) is 16.8 Å². The number of rotatable bonds is 4. The molecule has 0 radical (unpaired) electrons. The summed E-state index contributed by atoms with van der Waals surface area (Å²) in [6.45, 7) is 7.55. The minimum absolute atomic E-state index is 0.0777. The predicted molar refractivity (Wildman–Crippen MR) is 112 cm³/mol. The van der Waals surface area contributed by atoms with Gasteiger partial charge in [-0.05, 0) is 54.7 Å². The molecule has 0 saturated heterocycles. The molecular formula is C20H23BrN2O3S. The summed E-state index contributed by atoms with van der Waals surface area (Å²) < 4.78 is 29.6. The lowest BCUT2D eigenvalue weighted by Gasteiger charge is -2.23. The van der Waals surface area contributed by atoms with Gasteiger partial charge in [-0.2, -0.15) is 0 Å². The van der Waals surface area contributed by atoms with E-state index in [1.54, 1.807) is 23.1 Å². The van der Waals surface area contributed by atoms with Crippen LogP contribution in [0.3, 0.4) is 0 Å². The summed E-state index contributed by atoms with van der Waals surface area (Å²) in [7, 11) is -3.86. The standard InChI is InChI=1S/C20H23BrN2O3S/c1-12(2)15-5-7-18(8-6-15)22-27(25,26)19-11-17(21)10-16-9-13(3)23(14(4)24)20(16)19/h5-8,10-13,22H,9H2,1-4H3/t13-/m1/s1. The monoisotopic (exact) mass is 450 g/mol. The minimum atomic E-state index is -3.86. The molecule has 0 aromatic heterocycles. The molecule has 0 bridgehead atoms. The normalized spacial score (nSPS) is 16.5. The second kappa shape index (κ2) is 7.28. The number of nitrogens with zero attached hydrogens (tertiary/aromatic N) is 1. The highest BCUT2D eigenvalue weighted by Gasteiger charge is 2.35. The molecule has 3 rings (SSSR count). The first-order valence-electron chi connectivity index (χ1n) is 8.85.